The van der Waals surface area contributed by atoms with E-state index in [2.05, 4.69) is 15.3 Å². The number of nitrogens with zero attached hydrogens (tertiary/aromatic N) is 3. The molecule has 0 saturated heterocycles. The molecule has 0 aliphatic heterocycles. The predicted octanol–water partition coefficient (Wildman–Crippen LogP) is 1.79. The van der Waals surface area contributed by atoms with Gasteiger partial charge in [0.15, 0.2) is 0 Å². The number of fused-ring (bicyclic) bond motifs is 1. The molecule has 25 heavy (non-hydrogen) atoms. The van der Waals surface area contributed by atoms with Crippen molar-refractivity contribution in [3.05, 3.63) is 51.8 Å². The summed E-state index contributed by atoms with van der Waals surface area (Å²) in [4.78, 5) is 32.9. The zero-order valence-corrected chi connectivity index (χ0v) is 15.1. The standard InChI is InChI=1S/C18H22N4O2S/c1-2-9-20-16(23)12-25-17-14-7-5-8-15(14)22(18(24)21-17)11-13-6-3-4-10-19-13/h3-4,6,10H,2,5,7-9,11-12H2,1H3,(H,20,23). The van der Waals surface area contributed by atoms with Crippen molar-refractivity contribution < 1.29 is 4.79 Å². The van der Waals surface area contributed by atoms with Gasteiger partial charge in [-0.1, -0.05) is 24.8 Å². The molecule has 0 fully saturated rings. The van der Waals surface area contributed by atoms with Gasteiger partial charge in [-0.15, -0.1) is 0 Å². The van der Waals surface area contributed by atoms with E-state index in [9.17, 15) is 9.59 Å². The van der Waals surface area contributed by atoms with Gasteiger partial charge in [0.05, 0.1) is 18.0 Å². The molecule has 0 atom stereocenters. The molecule has 0 radical (unpaired) electrons. The number of nitrogens with one attached hydrogen (secondary N) is 1. The highest BCUT2D eigenvalue weighted by Gasteiger charge is 2.22. The molecule has 3 rings (SSSR count). The Balaban J connectivity index is 1.81. The fourth-order valence-electron chi connectivity index (χ4n) is 2.97. The Labute approximate surface area is 151 Å². The van der Waals surface area contributed by atoms with Gasteiger partial charge in [0.25, 0.3) is 0 Å². The van der Waals surface area contributed by atoms with E-state index in [1.54, 1.807) is 10.8 Å². The quantitative estimate of drug-likeness (QED) is 0.603. The summed E-state index contributed by atoms with van der Waals surface area (Å²) < 4.78 is 1.73. The minimum atomic E-state index is -0.261. The number of carbonyl (C=O) groups excluding carboxylic acids is 1. The molecule has 1 aliphatic carbocycles. The van der Waals surface area contributed by atoms with Crippen LogP contribution in [0, 0.1) is 0 Å². The predicted molar refractivity (Wildman–Crippen MR) is 97.9 cm³/mol. The van der Waals surface area contributed by atoms with Crippen molar-refractivity contribution in [2.45, 2.75) is 44.2 Å². The summed E-state index contributed by atoms with van der Waals surface area (Å²) in [5.41, 5.74) is 2.74. The second-order valence-corrected chi connectivity index (χ2v) is 6.99. The van der Waals surface area contributed by atoms with Crippen molar-refractivity contribution in [3.8, 4) is 0 Å². The summed E-state index contributed by atoms with van der Waals surface area (Å²) in [6, 6.07) is 5.69. The van der Waals surface area contributed by atoms with Gasteiger partial charge in [-0.3, -0.25) is 14.3 Å². The van der Waals surface area contributed by atoms with Gasteiger partial charge in [-0.25, -0.2) is 4.79 Å². The molecule has 1 aliphatic rings. The molecule has 2 aromatic rings. The van der Waals surface area contributed by atoms with Crippen LogP contribution in [0.4, 0.5) is 0 Å². The summed E-state index contributed by atoms with van der Waals surface area (Å²) in [6.07, 6.45) is 5.43. The van der Waals surface area contributed by atoms with Gasteiger partial charge >= 0.3 is 5.69 Å². The number of carbonyl (C=O) groups is 1. The van der Waals surface area contributed by atoms with Crippen LogP contribution in [0.1, 0.15) is 36.7 Å². The Hall–Kier alpha value is -2.15. The molecule has 7 heteroatoms. The topological polar surface area (TPSA) is 76.9 Å². The Bertz CT molecular complexity index is 805. The summed E-state index contributed by atoms with van der Waals surface area (Å²) in [6.45, 7) is 3.14. The average molecular weight is 358 g/mol. The van der Waals surface area contributed by atoms with Crippen LogP contribution in [-0.4, -0.2) is 32.7 Å². The first-order valence-electron chi connectivity index (χ1n) is 8.61. The molecule has 0 bridgehead atoms. The molecule has 0 unspecified atom stereocenters. The van der Waals surface area contributed by atoms with Crippen LogP contribution in [0.3, 0.4) is 0 Å². The lowest BCUT2D eigenvalue weighted by Gasteiger charge is -2.14. The first kappa shape index (κ1) is 17.7. The van der Waals surface area contributed by atoms with E-state index in [0.29, 0.717) is 23.9 Å². The number of pyridine rings is 1. The van der Waals surface area contributed by atoms with Gasteiger partial charge < -0.3 is 5.32 Å². The molecule has 0 aromatic carbocycles. The van der Waals surface area contributed by atoms with E-state index in [1.807, 2.05) is 25.1 Å². The number of aromatic nitrogens is 3. The molecule has 0 saturated carbocycles. The van der Waals surface area contributed by atoms with Gasteiger partial charge in [-0.05, 0) is 37.8 Å². The van der Waals surface area contributed by atoms with E-state index in [4.69, 9.17) is 0 Å². The number of hydrogen-bond acceptors (Lipinski definition) is 5. The molecule has 2 aromatic heterocycles. The third kappa shape index (κ3) is 4.28. The Morgan fingerprint density at radius 2 is 2.24 bits per heavy atom. The lowest BCUT2D eigenvalue weighted by molar-refractivity contribution is -0.118. The molecule has 2 heterocycles. The Kier molecular flexibility index (Phi) is 5.86. The van der Waals surface area contributed by atoms with Crippen LogP contribution in [0.15, 0.2) is 34.2 Å². The Morgan fingerprint density at radius 1 is 1.36 bits per heavy atom. The van der Waals surface area contributed by atoms with Crippen LogP contribution in [0.25, 0.3) is 0 Å². The second-order valence-electron chi connectivity index (χ2n) is 6.02. The van der Waals surface area contributed by atoms with E-state index < -0.39 is 0 Å². The van der Waals surface area contributed by atoms with E-state index in [0.717, 1.165) is 42.6 Å². The second kappa shape index (κ2) is 8.29. The first-order chi connectivity index (χ1) is 12.2. The maximum atomic E-state index is 12.5. The largest absolute Gasteiger partial charge is 0.355 e. The molecule has 1 N–H and O–H groups in total. The van der Waals surface area contributed by atoms with E-state index in [1.165, 1.54) is 11.8 Å². The third-order valence-corrected chi connectivity index (χ3v) is 5.18. The van der Waals surface area contributed by atoms with E-state index >= 15 is 0 Å². The van der Waals surface area contributed by atoms with Crippen LogP contribution >= 0.6 is 11.8 Å². The zero-order chi connectivity index (χ0) is 17.6. The molecular formula is C18H22N4O2S. The highest BCUT2D eigenvalue weighted by molar-refractivity contribution is 7.99. The molecule has 0 spiro atoms. The van der Waals surface area contributed by atoms with Crippen molar-refractivity contribution in [1.82, 2.24) is 19.9 Å². The smallest absolute Gasteiger partial charge is 0.349 e. The van der Waals surface area contributed by atoms with E-state index in [-0.39, 0.29) is 11.6 Å². The summed E-state index contributed by atoms with van der Waals surface area (Å²) >= 11 is 1.36. The fourth-order valence-corrected chi connectivity index (χ4v) is 3.88. The monoisotopic (exact) mass is 358 g/mol. The number of amides is 1. The normalized spacial score (nSPS) is 12.8. The number of thioether (sulfide) groups is 1. The number of hydrogen-bond donors (Lipinski definition) is 1. The van der Waals surface area contributed by atoms with Crippen molar-refractivity contribution in [2.75, 3.05) is 12.3 Å². The van der Waals surface area contributed by atoms with Crippen LogP contribution in [0.5, 0.6) is 0 Å². The number of rotatable bonds is 7. The van der Waals surface area contributed by atoms with Gasteiger partial charge in [-0.2, -0.15) is 4.98 Å². The highest BCUT2D eigenvalue weighted by Crippen LogP contribution is 2.29. The first-order valence-corrected chi connectivity index (χ1v) is 9.59. The lowest BCUT2D eigenvalue weighted by atomic mass is 10.2. The minimum absolute atomic E-state index is 0.0157. The maximum absolute atomic E-state index is 12.5. The van der Waals surface area contributed by atoms with Gasteiger partial charge in [0, 0.05) is 24.0 Å². The zero-order valence-electron chi connectivity index (χ0n) is 14.3. The maximum Gasteiger partial charge on any atom is 0.349 e. The summed E-state index contributed by atoms with van der Waals surface area (Å²) in [5, 5.41) is 3.56. The van der Waals surface area contributed by atoms with Crippen molar-refractivity contribution >= 4 is 17.7 Å². The van der Waals surface area contributed by atoms with Crippen LogP contribution in [0.2, 0.25) is 0 Å². The lowest BCUT2D eigenvalue weighted by Crippen LogP contribution is -2.29. The summed E-state index contributed by atoms with van der Waals surface area (Å²) in [7, 11) is 0. The minimum Gasteiger partial charge on any atom is -0.355 e. The van der Waals surface area contributed by atoms with Gasteiger partial charge in [0.2, 0.25) is 5.91 Å². The SMILES string of the molecule is CCCNC(=O)CSc1nc(=O)n(Cc2ccccn2)c2c1CCC2. The summed E-state index contributed by atoms with van der Waals surface area (Å²) in [5.74, 6) is 0.279. The van der Waals surface area contributed by atoms with Gasteiger partial charge in [0.1, 0.15) is 5.03 Å². The fraction of sp³-hybridized carbons (Fsp3) is 0.444. The average Bonchev–Trinajstić information content (AvgIpc) is 3.11. The molecular weight excluding hydrogens is 336 g/mol. The van der Waals surface area contributed by atoms with Crippen molar-refractivity contribution in [1.29, 1.82) is 0 Å². The Morgan fingerprint density at radius 3 is 3.00 bits per heavy atom. The van der Waals surface area contributed by atoms with Crippen molar-refractivity contribution in [3.63, 3.8) is 0 Å². The van der Waals surface area contributed by atoms with Crippen LogP contribution < -0.4 is 11.0 Å². The highest BCUT2D eigenvalue weighted by atomic mass is 32.2. The van der Waals surface area contributed by atoms with Crippen molar-refractivity contribution in [2.24, 2.45) is 0 Å². The molecule has 1 amide bonds. The molecule has 132 valence electrons. The third-order valence-electron chi connectivity index (χ3n) is 4.16. The molecule has 6 nitrogen and oxygen atoms in total. The van der Waals surface area contributed by atoms with Crippen LogP contribution in [-0.2, 0) is 24.2 Å².